The minimum absolute atomic E-state index is 1.10. The zero-order valence-electron chi connectivity index (χ0n) is 10.6. The molecule has 1 heterocycles. The van der Waals surface area contributed by atoms with E-state index in [2.05, 4.69) is 60.4 Å². The first-order valence-corrected chi connectivity index (χ1v) is 7.35. The van der Waals surface area contributed by atoms with Gasteiger partial charge in [-0.25, -0.2) is 0 Å². The van der Waals surface area contributed by atoms with E-state index in [-0.39, 0.29) is 0 Å². The highest BCUT2D eigenvalue weighted by atomic mass is 32.2. The second kappa shape index (κ2) is 5.07. The van der Waals surface area contributed by atoms with E-state index in [0.717, 1.165) is 6.54 Å². The molecule has 2 aromatic carbocycles. The number of hydrogen-bond donors (Lipinski definition) is 0. The molecular weight excluding hydrogens is 238 g/mol. The molecule has 3 rings (SSSR count). The molecule has 0 saturated heterocycles. The van der Waals surface area contributed by atoms with E-state index in [1.165, 1.54) is 34.0 Å². The van der Waals surface area contributed by atoms with Crippen molar-refractivity contribution in [3.05, 3.63) is 48.5 Å². The molecule has 0 spiro atoms. The molecule has 1 nitrogen and oxygen atoms in total. The fourth-order valence-electron chi connectivity index (χ4n) is 2.34. The lowest BCUT2D eigenvalue weighted by Crippen LogP contribution is -2.21. The summed E-state index contributed by atoms with van der Waals surface area (Å²) in [7, 11) is 0. The summed E-state index contributed by atoms with van der Waals surface area (Å²) >= 11 is 1.88. The lowest BCUT2D eigenvalue weighted by atomic mass is 10.2. The van der Waals surface area contributed by atoms with Gasteiger partial charge in [0.2, 0.25) is 0 Å². The fraction of sp³-hybridized carbons (Fsp3) is 0.250. The Hall–Kier alpha value is -1.41. The van der Waals surface area contributed by atoms with E-state index < -0.39 is 0 Å². The van der Waals surface area contributed by atoms with Crippen molar-refractivity contribution in [3.8, 4) is 0 Å². The van der Waals surface area contributed by atoms with Gasteiger partial charge in [-0.2, -0.15) is 0 Å². The summed E-state index contributed by atoms with van der Waals surface area (Å²) in [6.07, 6.45) is 2.46. The van der Waals surface area contributed by atoms with Gasteiger partial charge in [-0.05, 0) is 30.7 Å². The van der Waals surface area contributed by atoms with Crippen LogP contribution in [-0.4, -0.2) is 6.54 Å². The van der Waals surface area contributed by atoms with E-state index in [1.807, 2.05) is 11.8 Å². The van der Waals surface area contributed by atoms with Crippen LogP contribution in [0.1, 0.15) is 19.8 Å². The van der Waals surface area contributed by atoms with Crippen LogP contribution in [-0.2, 0) is 0 Å². The quantitative estimate of drug-likeness (QED) is 0.751. The van der Waals surface area contributed by atoms with Gasteiger partial charge in [-0.1, -0.05) is 49.4 Å². The van der Waals surface area contributed by atoms with Crippen LogP contribution >= 0.6 is 11.8 Å². The Bertz CT molecular complexity index is 505. The Morgan fingerprint density at radius 1 is 0.889 bits per heavy atom. The van der Waals surface area contributed by atoms with Gasteiger partial charge in [-0.3, -0.25) is 0 Å². The summed E-state index contributed by atoms with van der Waals surface area (Å²) in [6.45, 7) is 3.35. The highest BCUT2D eigenvalue weighted by Gasteiger charge is 2.21. The van der Waals surface area contributed by atoms with Crippen LogP contribution in [0.4, 0.5) is 11.4 Å². The number of unbranched alkanes of at least 4 members (excludes halogenated alkanes) is 1. The van der Waals surface area contributed by atoms with Crippen LogP contribution in [0.25, 0.3) is 0 Å². The van der Waals surface area contributed by atoms with Crippen molar-refractivity contribution in [1.82, 2.24) is 0 Å². The zero-order valence-corrected chi connectivity index (χ0v) is 11.4. The van der Waals surface area contributed by atoms with Crippen LogP contribution in [0, 0.1) is 0 Å². The minimum atomic E-state index is 1.10. The maximum absolute atomic E-state index is 2.46. The Balaban J connectivity index is 2.05. The van der Waals surface area contributed by atoms with E-state index >= 15 is 0 Å². The molecule has 0 radical (unpaired) electrons. The third kappa shape index (κ3) is 2.01. The number of hydrogen-bond acceptors (Lipinski definition) is 2. The average Bonchev–Trinajstić information content (AvgIpc) is 2.43. The Labute approximate surface area is 113 Å². The molecule has 92 valence electrons. The van der Waals surface area contributed by atoms with Gasteiger partial charge in [0.1, 0.15) is 0 Å². The van der Waals surface area contributed by atoms with Crippen LogP contribution in [0.15, 0.2) is 58.3 Å². The Kier molecular flexibility index (Phi) is 3.28. The van der Waals surface area contributed by atoms with E-state index in [9.17, 15) is 0 Å². The molecule has 1 aliphatic heterocycles. The lowest BCUT2D eigenvalue weighted by Gasteiger charge is -2.32. The molecule has 18 heavy (non-hydrogen) atoms. The van der Waals surface area contributed by atoms with Crippen LogP contribution in [0.5, 0.6) is 0 Å². The van der Waals surface area contributed by atoms with E-state index in [1.54, 1.807) is 0 Å². The smallest absolute Gasteiger partial charge is 0.0552 e. The molecule has 0 saturated carbocycles. The van der Waals surface area contributed by atoms with Crippen molar-refractivity contribution in [2.75, 3.05) is 11.4 Å². The number of benzene rings is 2. The number of anilines is 2. The Morgan fingerprint density at radius 2 is 1.44 bits per heavy atom. The molecule has 0 atom stereocenters. The molecular formula is C16H17NS. The predicted molar refractivity (Wildman–Crippen MR) is 78.9 cm³/mol. The first-order valence-electron chi connectivity index (χ1n) is 6.53. The third-order valence-electron chi connectivity index (χ3n) is 3.27. The predicted octanol–water partition coefficient (Wildman–Crippen LogP) is 5.09. The van der Waals surface area contributed by atoms with Crippen LogP contribution in [0.3, 0.4) is 0 Å². The first kappa shape index (κ1) is 11.7. The number of fused-ring (bicyclic) bond motifs is 2. The molecule has 0 unspecified atom stereocenters. The SMILES string of the molecule is CCCCN1c2ccccc2Sc2ccccc21. The van der Waals surface area contributed by atoms with Gasteiger partial charge in [-0.15, -0.1) is 0 Å². The number of para-hydroxylation sites is 2. The Morgan fingerprint density at radius 3 is 2.00 bits per heavy atom. The van der Waals surface area contributed by atoms with Gasteiger partial charge in [0.25, 0.3) is 0 Å². The maximum Gasteiger partial charge on any atom is 0.0552 e. The molecule has 1 aliphatic rings. The molecule has 2 heteroatoms. The summed E-state index contributed by atoms with van der Waals surface area (Å²) in [5, 5.41) is 0. The molecule has 0 bridgehead atoms. The van der Waals surface area contributed by atoms with Gasteiger partial charge in [0.15, 0.2) is 0 Å². The van der Waals surface area contributed by atoms with Gasteiger partial charge in [0, 0.05) is 16.3 Å². The van der Waals surface area contributed by atoms with E-state index in [0.29, 0.717) is 0 Å². The van der Waals surface area contributed by atoms with Crippen molar-refractivity contribution in [1.29, 1.82) is 0 Å². The second-order valence-corrected chi connectivity index (χ2v) is 5.63. The topological polar surface area (TPSA) is 3.24 Å². The second-order valence-electron chi connectivity index (χ2n) is 4.54. The average molecular weight is 255 g/mol. The normalized spacial score (nSPS) is 13.1. The summed E-state index contributed by atoms with van der Waals surface area (Å²) < 4.78 is 0. The van der Waals surface area contributed by atoms with Gasteiger partial charge in [0.05, 0.1) is 11.4 Å². The first-order chi connectivity index (χ1) is 8.90. The standard InChI is InChI=1S/C16H17NS/c1-2-3-12-17-13-8-4-6-10-15(13)18-16-11-7-5-9-14(16)17/h4-11H,2-3,12H2,1H3. The highest BCUT2D eigenvalue weighted by molar-refractivity contribution is 7.99. The minimum Gasteiger partial charge on any atom is -0.340 e. The number of rotatable bonds is 3. The van der Waals surface area contributed by atoms with Crippen LogP contribution in [0.2, 0.25) is 0 Å². The summed E-state index contributed by atoms with van der Waals surface area (Å²) in [5.74, 6) is 0. The molecule has 0 N–H and O–H groups in total. The van der Waals surface area contributed by atoms with E-state index in [4.69, 9.17) is 0 Å². The highest BCUT2D eigenvalue weighted by Crippen LogP contribution is 2.47. The van der Waals surface area contributed by atoms with Gasteiger partial charge >= 0.3 is 0 Å². The molecule has 0 amide bonds. The van der Waals surface area contributed by atoms with Crippen LogP contribution < -0.4 is 4.90 Å². The number of nitrogens with zero attached hydrogens (tertiary/aromatic N) is 1. The summed E-state index contributed by atoms with van der Waals surface area (Å²) in [4.78, 5) is 5.20. The fourth-order valence-corrected chi connectivity index (χ4v) is 3.43. The van der Waals surface area contributed by atoms with Crippen molar-refractivity contribution < 1.29 is 0 Å². The van der Waals surface area contributed by atoms with Crippen molar-refractivity contribution in [2.45, 2.75) is 29.6 Å². The summed E-state index contributed by atoms with van der Waals surface area (Å²) in [6, 6.07) is 17.4. The zero-order chi connectivity index (χ0) is 12.4. The van der Waals surface area contributed by atoms with Gasteiger partial charge < -0.3 is 4.90 Å². The molecule has 0 aromatic heterocycles. The summed E-state index contributed by atoms with van der Waals surface area (Å²) in [5.41, 5.74) is 2.71. The van der Waals surface area contributed by atoms with Crippen molar-refractivity contribution >= 4 is 23.1 Å². The lowest BCUT2D eigenvalue weighted by molar-refractivity contribution is 0.777. The van der Waals surface area contributed by atoms with Crippen molar-refractivity contribution in [3.63, 3.8) is 0 Å². The monoisotopic (exact) mass is 255 g/mol. The largest absolute Gasteiger partial charge is 0.340 e. The maximum atomic E-state index is 2.46. The van der Waals surface area contributed by atoms with Crippen molar-refractivity contribution in [2.24, 2.45) is 0 Å². The molecule has 0 aliphatic carbocycles. The third-order valence-corrected chi connectivity index (χ3v) is 4.40. The molecule has 0 fully saturated rings. The molecule has 2 aromatic rings.